The van der Waals surface area contributed by atoms with E-state index in [1.165, 1.54) is 5.70 Å². The van der Waals surface area contributed by atoms with Crippen molar-refractivity contribution in [1.82, 2.24) is 5.32 Å². The number of hydrogen-bond acceptors (Lipinski definition) is 2. The third-order valence-corrected chi connectivity index (χ3v) is 2.94. The van der Waals surface area contributed by atoms with Crippen molar-refractivity contribution in [3.63, 3.8) is 0 Å². The zero-order valence-corrected chi connectivity index (χ0v) is 8.76. The van der Waals surface area contributed by atoms with Crippen LogP contribution in [0.15, 0.2) is 23.5 Å². The lowest BCUT2D eigenvalue weighted by Gasteiger charge is -2.21. The predicted molar refractivity (Wildman–Crippen MR) is 56.4 cm³/mol. The fourth-order valence-electron chi connectivity index (χ4n) is 1.22. The molecule has 11 heavy (non-hydrogen) atoms. The van der Waals surface area contributed by atoms with Crippen LogP contribution in [0.25, 0.3) is 0 Å². The van der Waals surface area contributed by atoms with Crippen molar-refractivity contribution in [2.45, 2.75) is 6.42 Å². The number of rotatable bonds is 2. The molecule has 2 nitrogen and oxygen atoms in total. The Bertz CT molecular complexity index is 196. The molecule has 0 radical (unpaired) electrons. The van der Waals surface area contributed by atoms with Gasteiger partial charge in [0.25, 0.3) is 0 Å². The van der Waals surface area contributed by atoms with Crippen LogP contribution in [-0.4, -0.2) is 11.5 Å². The lowest BCUT2D eigenvalue weighted by Crippen LogP contribution is -2.22. The minimum Gasteiger partial charge on any atom is -0.402 e. The molecule has 1 atom stereocenters. The molecule has 62 valence electrons. The molecule has 0 fully saturated rings. The van der Waals surface area contributed by atoms with Crippen molar-refractivity contribution >= 4 is 22.6 Å². The summed E-state index contributed by atoms with van der Waals surface area (Å²) >= 11 is 2.39. The van der Waals surface area contributed by atoms with Gasteiger partial charge in [0.1, 0.15) is 0 Å². The summed E-state index contributed by atoms with van der Waals surface area (Å²) in [6.45, 7) is 0. The van der Waals surface area contributed by atoms with Gasteiger partial charge in [0.15, 0.2) is 0 Å². The fourth-order valence-corrected chi connectivity index (χ4v) is 2.01. The summed E-state index contributed by atoms with van der Waals surface area (Å²) in [4.78, 5) is 0. The summed E-state index contributed by atoms with van der Waals surface area (Å²) in [5.74, 6) is 0.589. The van der Waals surface area contributed by atoms with E-state index in [9.17, 15) is 0 Å². The molecular formula is C8H13IN2. The zero-order valence-electron chi connectivity index (χ0n) is 6.60. The van der Waals surface area contributed by atoms with Gasteiger partial charge in [-0.05, 0) is 18.6 Å². The van der Waals surface area contributed by atoms with Crippen molar-refractivity contribution in [2.75, 3.05) is 11.5 Å². The second-order valence-electron chi connectivity index (χ2n) is 2.67. The first-order valence-electron chi connectivity index (χ1n) is 3.68. The van der Waals surface area contributed by atoms with E-state index in [1.807, 2.05) is 13.1 Å². The molecule has 0 aliphatic heterocycles. The van der Waals surface area contributed by atoms with Crippen LogP contribution in [0.1, 0.15) is 6.42 Å². The molecule has 0 aromatic carbocycles. The van der Waals surface area contributed by atoms with Gasteiger partial charge in [0.2, 0.25) is 0 Å². The number of allylic oxidation sites excluding steroid dienone is 4. The molecule has 0 spiro atoms. The second-order valence-corrected chi connectivity index (χ2v) is 3.55. The van der Waals surface area contributed by atoms with E-state index in [4.69, 9.17) is 5.73 Å². The Kier molecular flexibility index (Phi) is 3.23. The summed E-state index contributed by atoms with van der Waals surface area (Å²) < 4.78 is 1.12. The van der Waals surface area contributed by atoms with Gasteiger partial charge < -0.3 is 11.1 Å². The second kappa shape index (κ2) is 3.99. The fraction of sp³-hybridized carbons (Fsp3) is 0.500. The monoisotopic (exact) mass is 264 g/mol. The highest BCUT2D eigenvalue weighted by atomic mass is 127. The minimum atomic E-state index is 0.589. The lowest BCUT2D eigenvalue weighted by atomic mass is 9.97. The Morgan fingerprint density at radius 3 is 3.00 bits per heavy atom. The highest BCUT2D eigenvalue weighted by Crippen LogP contribution is 2.22. The maximum Gasteiger partial charge on any atom is 0.0148 e. The molecule has 0 heterocycles. The predicted octanol–water partition coefficient (Wildman–Crippen LogP) is 1.39. The Labute approximate surface area is 81.1 Å². The molecule has 0 amide bonds. The number of nitrogens with two attached hydrogens (primary N) is 1. The molecule has 3 heteroatoms. The van der Waals surface area contributed by atoms with Gasteiger partial charge in [-0.3, -0.25) is 0 Å². The van der Waals surface area contributed by atoms with Gasteiger partial charge in [0, 0.05) is 28.8 Å². The van der Waals surface area contributed by atoms with E-state index in [0.29, 0.717) is 5.92 Å². The maximum atomic E-state index is 5.70. The topological polar surface area (TPSA) is 38.0 Å². The highest BCUT2D eigenvalue weighted by molar-refractivity contribution is 14.1. The molecule has 1 aliphatic carbocycles. The van der Waals surface area contributed by atoms with E-state index >= 15 is 0 Å². The van der Waals surface area contributed by atoms with Crippen LogP contribution >= 0.6 is 22.6 Å². The first-order valence-corrected chi connectivity index (χ1v) is 5.20. The molecule has 0 bridgehead atoms. The number of alkyl halides is 1. The Balaban J connectivity index is 2.71. The van der Waals surface area contributed by atoms with Crippen LogP contribution in [0.3, 0.4) is 0 Å². The number of nitrogens with one attached hydrogen (secondary N) is 1. The van der Waals surface area contributed by atoms with Crippen molar-refractivity contribution in [3.8, 4) is 0 Å². The van der Waals surface area contributed by atoms with Gasteiger partial charge in [-0.2, -0.15) is 0 Å². The Morgan fingerprint density at radius 1 is 1.73 bits per heavy atom. The Morgan fingerprint density at radius 2 is 2.45 bits per heavy atom. The molecule has 1 rings (SSSR count). The summed E-state index contributed by atoms with van der Waals surface area (Å²) in [5, 5.41) is 3.18. The van der Waals surface area contributed by atoms with Crippen molar-refractivity contribution in [2.24, 2.45) is 11.7 Å². The molecule has 1 aliphatic rings. The molecule has 0 aromatic rings. The summed E-state index contributed by atoms with van der Waals surface area (Å²) in [7, 11) is 1.96. The third-order valence-electron chi connectivity index (χ3n) is 1.87. The van der Waals surface area contributed by atoms with Gasteiger partial charge in [0.05, 0.1) is 0 Å². The van der Waals surface area contributed by atoms with Crippen LogP contribution in [0.2, 0.25) is 0 Å². The average molecular weight is 264 g/mol. The lowest BCUT2D eigenvalue weighted by molar-refractivity contribution is 0.630. The van der Waals surface area contributed by atoms with Crippen LogP contribution in [0.5, 0.6) is 0 Å². The SMILES string of the molecule is CNC1=CC=C(N)C[C@@H]1CI. The van der Waals surface area contributed by atoms with E-state index < -0.39 is 0 Å². The Hall–Kier alpha value is -0.190. The first kappa shape index (κ1) is 8.90. The van der Waals surface area contributed by atoms with E-state index in [0.717, 1.165) is 16.5 Å². The van der Waals surface area contributed by atoms with Crippen molar-refractivity contribution in [3.05, 3.63) is 23.5 Å². The van der Waals surface area contributed by atoms with Crippen molar-refractivity contribution in [1.29, 1.82) is 0 Å². The quantitative estimate of drug-likeness (QED) is 0.584. The van der Waals surface area contributed by atoms with Gasteiger partial charge >= 0.3 is 0 Å². The molecule has 3 N–H and O–H groups in total. The van der Waals surface area contributed by atoms with Crippen molar-refractivity contribution < 1.29 is 0 Å². The average Bonchev–Trinajstić information content (AvgIpc) is 2.04. The number of halogens is 1. The third kappa shape index (κ3) is 2.12. The van der Waals surface area contributed by atoms with Gasteiger partial charge in [-0.1, -0.05) is 22.6 Å². The van der Waals surface area contributed by atoms with E-state index in [1.54, 1.807) is 0 Å². The molecular weight excluding hydrogens is 251 g/mol. The van der Waals surface area contributed by atoms with E-state index in [-0.39, 0.29) is 0 Å². The van der Waals surface area contributed by atoms with Crippen LogP contribution < -0.4 is 11.1 Å². The first-order chi connectivity index (χ1) is 5.27. The molecule has 0 saturated carbocycles. The van der Waals surface area contributed by atoms with Gasteiger partial charge in [-0.25, -0.2) is 0 Å². The highest BCUT2D eigenvalue weighted by Gasteiger charge is 2.15. The van der Waals surface area contributed by atoms with Crippen LogP contribution in [0.4, 0.5) is 0 Å². The van der Waals surface area contributed by atoms with E-state index in [2.05, 4.69) is 34.0 Å². The summed E-state index contributed by atoms with van der Waals surface area (Å²) in [5.41, 5.74) is 7.99. The normalized spacial score (nSPS) is 24.0. The van der Waals surface area contributed by atoms with Gasteiger partial charge in [-0.15, -0.1) is 0 Å². The largest absolute Gasteiger partial charge is 0.402 e. The standard InChI is InChI=1S/C8H13IN2/c1-11-8-3-2-7(10)4-6(8)5-9/h2-3,6,11H,4-5,10H2,1H3/t6-/m1/s1. The maximum absolute atomic E-state index is 5.70. The minimum absolute atomic E-state index is 0.589. The van der Waals surface area contributed by atoms with Crippen LogP contribution in [0, 0.1) is 5.92 Å². The van der Waals surface area contributed by atoms with Crippen LogP contribution in [-0.2, 0) is 0 Å². The summed E-state index contributed by atoms with van der Waals surface area (Å²) in [6, 6.07) is 0. The summed E-state index contributed by atoms with van der Waals surface area (Å²) in [6.07, 6.45) is 5.05. The molecule has 0 aromatic heterocycles. The molecule has 0 saturated heterocycles. The smallest absolute Gasteiger partial charge is 0.0148 e. The number of hydrogen-bond donors (Lipinski definition) is 2. The zero-order chi connectivity index (χ0) is 8.27. The molecule has 0 unspecified atom stereocenters.